The van der Waals surface area contributed by atoms with E-state index in [1.807, 2.05) is 0 Å². The molecule has 1 aliphatic rings. The second-order valence-corrected chi connectivity index (χ2v) is 5.01. The maximum Gasteiger partial charge on any atom is 0.254 e. The van der Waals surface area contributed by atoms with Crippen molar-refractivity contribution in [3.63, 3.8) is 0 Å². The standard InChI is InChI=1S/C16H19FN2O/c17-15-9-8-12(5-4-10-18)11-14(15)16(20)19-13-6-2-1-3-7-13/h8-9,11,13H,1-3,6-7,10,18H2,(H,19,20). The van der Waals surface area contributed by atoms with Crippen molar-refractivity contribution < 1.29 is 9.18 Å². The summed E-state index contributed by atoms with van der Waals surface area (Å²) in [6.45, 7) is 0.237. The quantitative estimate of drug-likeness (QED) is 0.812. The van der Waals surface area contributed by atoms with E-state index < -0.39 is 5.82 Å². The third kappa shape index (κ3) is 3.82. The van der Waals surface area contributed by atoms with Crippen LogP contribution in [0, 0.1) is 17.7 Å². The van der Waals surface area contributed by atoms with Gasteiger partial charge in [-0.3, -0.25) is 4.79 Å². The predicted octanol–water partition coefficient (Wildman–Crippen LogP) is 2.20. The number of nitrogens with one attached hydrogen (secondary N) is 1. The molecule has 1 aromatic carbocycles. The highest BCUT2D eigenvalue weighted by molar-refractivity contribution is 5.95. The maximum absolute atomic E-state index is 13.8. The van der Waals surface area contributed by atoms with Crippen LogP contribution in [0.2, 0.25) is 0 Å². The average Bonchev–Trinajstić information content (AvgIpc) is 2.47. The van der Waals surface area contributed by atoms with E-state index in [4.69, 9.17) is 5.73 Å². The number of halogens is 1. The van der Waals surface area contributed by atoms with Crippen molar-refractivity contribution in [3.05, 3.63) is 35.1 Å². The van der Waals surface area contributed by atoms with Crippen LogP contribution < -0.4 is 11.1 Å². The molecule has 20 heavy (non-hydrogen) atoms. The van der Waals surface area contributed by atoms with Gasteiger partial charge in [0.2, 0.25) is 0 Å². The monoisotopic (exact) mass is 274 g/mol. The summed E-state index contributed by atoms with van der Waals surface area (Å²) < 4.78 is 13.8. The van der Waals surface area contributed by atoms with E-state index in [0.717, 1.165) is 25.7 Å². The van der Waals surface area contributed by atoms with Gasteiger partial charge in [0.25, 0.3) is 5.91 Å². The SMILES string of the molecule is NCC#Cc1ccc(F)c(C(=O)NC2CCCCC2)c1. The highest BCUT2D eigenvalue weighted by Crippen LogP contribution is 2.18. The molecule has 1 saturated carbocycles. The lowest BCUT2D eigenvalue weighted by Gasteiger charge is -2.22. The molecule has 106 valence electrons. The summed E-state index contributed by atoms with van der Waals surface area (Å²) in [6, 6.07) is 4.47. The fourth-order valence-electron chi connectivity index (χ4n) is 2.44. The van der Waals surface area contributed by atoms with Crippen molar-refractivity contribution in [2.45, 2.75) is 38.1 Å². The first-order valence-electron chi connectivity index (χ1n) is 7.00. The average molecular weight is 274 g/mol. The van der Waals surface area contributed by atoms with E-state index >= 15 is 0 Å². The highest BCUT2D eigenvalue weighted by atomic mass is 19.1. The molecule has 0 unspecified atom stereocenters. The number of benzene rings is 1. The van der Waals surface area contributed by atoms with Crippen LogP contribution in [0.3, 0.4) is 0 Å². The van der Waals surface area contributed by atoms with Crippen molar-refractivity contribution in [1.82, 2.24) is 5.32 Å². The lowest BCUT2D eigenvalue weighted by atomic mass is 9.95. The molecule has 4 heteroatoms. The Morgan fingerprint density at radius 1 is 1.35 bits per heavy atom. The minimum atomic E-state index is -0.517. The first-order chi connectivity index (χ1) is 9.70. The number of carbonyl (C=O) groups excluding carboxylic acids is 1. The molecule has 1 fully saturated rings. The largest absolute Gasteiger partial charge is 0.349 e. The highest BCUT2D eigenvalue weighted by Gasteiger charge is 2.18. The van der Waals surface area contributed by atoms with Gasteiger partial charge in [-0.05, 0) is 31.0 Å². The van der Waals surface area contributed by atoms with Crippen molar-refractivity contribution in [1.29, 1.82) is 0 Å². The minimum Gasteiger partial charge on any atom is -0.349 e. The molecule has 0 aromatic heterocycles. The van der Waals surface area contributed by atoms with Gasteiger partial charge in [-0.1, -0.05) is 31.1 Å². The van der Waals surface area contributed by atoms with E-state index in [2.05, 4.69) is 17.2 Å². The van der Waals surface area contributed by atoms with Gasteiger partial charge in [-0.25, -0.2) is 4.39 Å². The summed E-state index contributed by atoms with van der Waals surface area (Å²) in [5.74, 6) is 4.63. The molecule has 0 heterocycles. The van der Waals surface area contributed by atoms with Gasteiger partial charge in [0, 0.05) is 11.6 Å². The summed E-state index contributed by atoms with van der Waals surface area (Å²) in [5.41, 5.74) is 5.96. The second-order valence-electron chi connectivity index (χ2n) is 5.01. The Kier molecular flexibility index (Phi) is 5.14. The van der Waals surface area contributed by atoms with E-state index in [0.29, 0.717) is 5.56 Å². The van der Waals surface area contributed by atoms with Crippen molar-refractivity contribution in [3.8, 4) is 11.8 Å². The van der Waals surface area contributed by atoms with Crippen LogP contribution >= 0.6 is 0 Å². The lowest BCUT2D eigenvalue weighted by molar-refractivity contribution is 0.0923. The molecule has 1 aliphatic carbocycles. The fourth-order valence-corrected chi connectivity index (χ4v) is 2.44. The third-order valence-electron chi connectivity index (χ3n) is 3.49. The molecule has 0 bridgehead atoms. The molecule has 0 atom stereocenters. The zero-order chi connectivity index (χ0) is 14.4. The van der Waals surface area contributed by atoms with Gasteiger partial charge in [-0.2, -0.15) is 0 Å². The Balaban J connectivity index is 2.11. The van der Waals surface area contributed by atoms with Crippen LogP contribution in [0.4, 0.5) is 4.39 Å². The molecule has 0 saturated heterocycles. The molecule has 3 nitrogen and oxygen atoms in total. The smallest absolute Gasteiger partial charge is 0.254 e. The fraction of sp³-hybridized carbons (Fsp3) is 0.438. The predicted molar refractivity (Wildman–Crippen MR) is 76.7 cm³/mol. The Morgan fingerprint density at radius 2 is 2.10 bits per heavy atom. The van der Waals surface area contributed by atoms with Gasteiger partial charge in [0.1, 0.15) is 5.82 Å². The van der Waals surface area contributed by atoms with E-state index in [1.165, 1.54) is 18.6 Å². The van der Waals surface area contributed by atoms with Crippen LogP contribution in [0.15, 0.2) is 18.2 Å². The number of carbonyl (C=O) groups is 1. The molecule has 0 aliphatic heterocycles. The Hall–Kier alpha value is -1.86. The number of hydrogen-bond acceptors (Lipinski definition) is 2. The molecule has 2 rings (SSSR count). The van der Waals surface area contributed by atoms with Gasteiger partial charge in [0.15, 0.2) is 0 Å². The molecule has 3 N–H and O–H groups in total. The van der Waals surface area contributed by atoms with Crippen LogP contribution in [0.5, 0.6) is 0 Å². The molecule has 0 spiro atoms. The molecular formula is C16H19FN2O. The summed E-state index contributed by atoms with van der Waals surface area (Å²) in [4.78, 5) is 12.1. The van der Waals surface area contributed by atoms with Crippen molar-refractivity contribution >= 4 is 5.91 Å². The summed E-state index contributed by atoms with van der Waals surface area (Å²) >= 11 is 0. The normalized spacial score (nSPS) is 15.3. The summed E-state index contributed by atoms with van der Waals surface area (Å²) in [6.07, 6.45) is 5.40. The molecule has 1 aromatic rings. The van der Waals surface area contributed by atoms with E-state index in [9.17, 15) is 9.18 Å². The molecule has 1 amide bonds. The topological polar surface area (TPSA) is 55.1 Å². The van der Waals surface area contributed by atoms with Crippen molar-refractivity contribution in [2.75, 3.05) is 6.54 Å². The van der Waals surface area contributed by atoms with Gasteiger partial charge in [0.05, 0.1) is 12.1 Å². The lowest BCUT2D eigenvalue weighted by Crippen LogP contribution is -2.36. The minimum absolute atomic E-state index is 0.0550. The summed E-state index contributed by atoms with van der Waals surface area (Å²) in [5, 5.41) is 2.91. The zero-order valence-corrected chi connectivity index (χ0v) is 11.4. The van der Waals surface area contributed by atoms with Gasteiger partial charge >= 0.3 is 0 Å². The maximum atomic E-state index is 13.8. The third-order valence-corrected chi connectivity index (χ3v) is 3.49. The van der Waals surface area contributed by atoms with E-state index in [1.54, 1.807) is 6.07 Å². The van der Waals surface area contributed by atoms with Crippen LogP contribution in [0.25, 0.3) is 0 Å². The van der Waals surface area contributed by atoms with E-state index in [-0.39, 0.29) is 24.1 Å². The van der Waals surface area contributed by atoms with Gasteiger partial charge < -0.3 is 11.1 Å². The van der Waals surface area contributed by atoms with Crippen molar-refractivity contribution in [2.24, 2.45) is 5.73 Å². The first kappa shape index (κ1) is 14.5. The number of rotatable bonds is 2. The summed E-state index contributed by atoms with van der Waals surface area (Å²) in [7, 11) is 0. The first-order valence-corrected chi connectivity index (χ1v) is 7.00. The zero-order valence-electron chi connectivity index (χ0n) is 11.4. The Labute approximate surface area is 118 Å². The second kappa shape index (κ2) is 7.06. The Morgan fingerprint density at radius 3 is 2.80 bits per heavy atom. The van der Waals surface area contributed by atoms with Crippen LogP contribution in [-0.4, -0.2) is 18.5 Å². The molecule has 0 radical (unpaired) electrons. The number of nitrogens with two attached hydrogens (primary N) is 1. The van der Waals surface area contributed by atoms with Gasteiger partial charge in [-0.15, -0.1) is 0 Å². The molecular weight excluding hydrogens is 255 g/mol. The number of hydrogen-bond donors (Lipinski definition) is 2. The Bertz CT molecular complexity index is 539. The van der Waals surface area contributed by atoms with Crippen LogP contribution in [0.1, 0.15) is 48.0 Å². The van der Waals surface area contributed by atoms with Crippen LogP contribution in [-0.2, 0) is 0 Å². The number of amides is 1.